The van der Waals surface area contributed by atoms with Gasteiger partial charge in [0, 0.05) is 0 Å². The highest BCUT2D eigenvalue weighted by molar-refractivity contribution is 9.11. The fourth-order valence-corrected chi connectivity index (χ4v) is 4.53. The van der Waals surface area contributed by atoms with E-state index in [2.05, 4.69) is 31.2 Å². The molecular weight excluding hydrogens is 457 g/mol. The van der Waals surface area contributed by atoms with E-state index in [-0.39, 0.29) is 4.48 Å². The Labute approximate surface area is 152 Å². The second kappa shape index (κ2) is 6.64. The van der Waals surface area contributed by atoms with Crippen molar-refractivity contribution >= 4 is 25.8 Å². The first-order valence-corrected chi connectivity index (χ1v) is 9.22. The van der Waals surface area contributed by atoms with Crippen molar-refractivity contribution in [2.24, 2.45) is 0 Å². The average Bonchev–Trinajstić information content (AvgIpc) is 2.99. The molecule has 7 nitrogen and oxygen atoms in total. The molecule has 0 saturated carbocycles. The second-order valence-corrected chi connectivity index (χ2v) is 8.74. The predicted molar refractivity (Wildman–Crippen MR) is 81.8 cm³/mol. The van der Waals surface area contributed by atoms with Gasteiger partial charge in [-0.3, -0.25) is 15.4 Å². The number of aromatic nitrogens is 2. The van der Waals surface area contributed by atoms with Crippen LogP contribution in [-0.2, 0) is 20.9 Å². The molecule has 2 N–H and O–H groups in total. The standard InChI is InChI=1S/C12H13BrF5N3O4S/c1-4(26(22,23)9-6(13)11(2,3)25-21-9)5-7(12(16,17)18)19-20-8(5)24-10(14)15/h4,10,21H,1-3H3,(H,19,20). The molecule has 2 heterocycles. The van der Waals surface area contributed by atoms with Crippen LogP contribution in [0.1, 0.15) is 37.3 Å². The molecule has 1 aromatic heterocycles. The number of halogens is 6. The van der Waals surface area contributed by atoms with Gasteiger partial charge in [-0.2, -0.15) is 22.0 Å². The molecule has 1 atom stereocenters. The van der Waals surface area contributed by atoms with Crippen LogP contribution in [-0.4, -0.2) is 30.8 Å². The second-order valence-electron chi connectivity index (χ2n) is 5.74. The van der Waals surface area contributed by atoms with Crippen LogP contribution in [0.25, 0.3) is 0 Å². The Morgan fingerprint density at radius 3 is 2.31 bits per heavy atom. The van der Waals surface area contributed by atoms with Crippen molar-refractivity contribution in [1.29, 1.82) is 0 Å². The first-order valence-electron chi connectivity index (χ1n) is 6.88. The van der Waals surface area contributed by atoms with E-state index in [4.69, 9.17) is 4.84 Å². The maximum atomic E-state index is 13.2. The summed E-state index contributed by atoms with van der Waals surface area (Å²) in [4.78, 5) is 5.06. The lowest BCUT2D eigenvalue weighted by atomic mass is 10.1. The van der Waals surface area contributed by atoms with Crippen LogP contribution >= 0.6 is 15.9 Å². The van der Waals surface area contributed by atoms with Gasteiger partial charge in [-0.1, -0.05) is 0 Å². The van der Waals surface area contributed by atoms with Crippen molar-refractivity contribution in [3.05, 3.63) is 20.8 Å². The molecular formula is C12H13BrF5N3O4S. The first-order chi connectivity index (χ1) is 11.7. The van der Waals surface area contributed by atoms with E-state index >= 15 is 0 Å². The van der Waals surface area contributed by atoms with Gasteiger partial charge in [0.05, 0.1) is 15.3 Å². The van der Waals surface area contributed by atoms with E-state index in [0.29, 0.717) is 0 Å². The summed E-state index contributed by atoms with van der Waals surface area (Å²) in [6.07, 6.45) is -5.07. The largest absolute Gasteiger partial charge is 0.433 e. The third-order valence-corrected chi connectivity index (χ3v) is 7.17. The number of rotatable bonds is 5. The average molecular weight is 470 g/mol. The summed E-state index contributed by atoms with van der Waals surface area (Å²) in [7, 11) is -4.51. The van der Waals surface area contributed by atoms with E-state index in [9.17, 15) is 30.4 Å². The first kappa shape index (κ1) is 20.9. The van der Waals surface area contributed by atoms with Crippen molar-refractivity contribution in [1.82, 2.24) is 15.7 Å². The number of hydrogen-bond donors (Lipinski definition) is 2. The van der Waals surface area contributed by atoms with Gasteiger partial charge in [0.25, 0.3) is 0 Å². The minimum absolute atomic E-state index is 0.0326. The van der Waals surface area contributed by atoms with Crippen LogP contribution in [0.2, 0.25) is 0 Å². The highest BCUT2D eigenvalue weighted by atomic mass is 79.9. The Morgan fingerprint density at radius 2 is 1.88 bits per heavy atom. The van der Waals surface area contributed by atoms with E-state index < -0.39 is 55.6 Å². The molecule has 0 spiro atoms. The Morgan fingerprint density at radius 1 is 1.31 bits per heavy atom. The lowest BCUT2D eigenvalue weighted by Crippen LogP contribution is -2.24. The third-order valence-electron chi connectivity index (χ3n) is 3.54. The molecule has 148 valence electrons. The molecule has 0 saturated heterocycles. The summed E-state index contributed by atoms with van der Waals surface area (Å²) < 4.78 is 93.9. The number of nitrogens with one attached hydrogen (secondary N) is 2. The Kier molecular flexibility index (Phi) is 5.33. The molecule has 14 heteroatoms. The SMILES string of the molecule is CC(c1c(OC(F)F)n[nH]c1C(F)(F)F)S(=O)(=O)C1=C(Br)C(C)(C)ON1. The quantitative estimate of drug-likeness (QED) is 0.642. The lowest BCUT2D eigenvalue weighted by Gasteiger charge is -2.17. The topological polar surface area (TPSA) is 93.3 Å². The summed E-state index contributed by atoms with van der Waals surface area (Å²) in [6, 6.07) is 0. The van der Waals surface area contributed by atoms with Crippen LogP contribution in [0.5, 0.6) is 5.88 Å². The van der Waals surface area contributed by atoms with E-state index in [1.165, 1.54) is 18.9 Å². The van der Waals surface area contributed by atoms with Gasteiger partial charge in [0.15, 0.2) is 5.03 Å². The third kappa shape index (κ3) is 3.67. The lowest BCUT2D eigenvalue weighted by molar-refractivity contribution is -0.141. The highest BCUT2D eigenvalue weighted by Gasteiger charge is 2.46. The van der Waals surface area contributed by atoms with Crippen molar-refractivity contribution in [3.63, 3.8) is 0 Å². The van der Waals surface area contributed by atoms with Crippen LogP contribution < -0.4 is 10.2 Å². The van der Waals surface area contributed by atoms with E-state index in [0.717, 1.165) is 6.92 Å². The van der Waals surface area contributed by atoms with Gasteiger partial charge >= 0.3 is 12.8 Å². The molecule has 0 radical (unpaired) electrons. The molecule has 1 unspecified atom stereocenters. The minimum Gasteiger partial charge on any atom is -0.415 e. The molecule has 0 fully saturated rings. The summed E-state index contributed by atoms with van der Waals surface area (Å²) in [5, 5.41) is 2.10. The summed E-state index contributed by atoms with van der Waals surface area (Å²) in [6.45, 7) is 0.405. The van der Waals surface area contributed by atoms with Crippen LogP contribution in [0.3, 0.4) is 0 Å². The van der Waals surface area contributed by atoms with E-state index in [1.54, 1.807) is 0 Å². The van der Waals surface area contributed by atoms with Gasteiger partial charge in [-0.15, -0.1) is 5.10 Å². The summed E-state index contributed by atoms with van der Waals surface area (Å²) in [5.41, 5.74) is -1.62. The Bertz CT molecular complexity index is 834. The minimum atomic E-state index is -5.07. The number of sulfone groups is 1. The van der Waals surface area contributed by atoms with Gasteiger partial charge in [0.2, 0.25) is 15.7 Å². The molecule has 0 amide bonds. The Hall–Kier alpha value is -1.41. The zero-order chi connectivity index (χ0) is 20.1. The molecule has 2 rings (SSSR count). The van der Waals surface area contributed by atoms with Gasteiger partial charge in [-0.25, -0.2) is 8.42 Å². The normalized spacial score (nSPS) is 19.0. The number of H-pyrrole nitrogens is 1. The molecule has 1 aliphatic rings. The number of hydrogen-bond acceptors (Lipinski definition) is 6. The van der Waals surface area contributed by atoms with Gasteiger partial charge < -0.3 is 4.74 Å². The molecule has 1 aromatic rings. The van der Waals surface area contributed by atoms with Gasteiger partial charge in [0.1, 0.15) is 11.3 Å². The number of alkyl halides is 5. The monoisotopic (exact) mass is 469 g/mol. The van der Waals surface area contributed by atoms with E-state index in [1.807, 2.05) is 0 Å². The maximum absolute atomic E-state index is 13.2. The molecule has 0 aliphatic carbocycles. The fraction of sp³-hybridized carbons (Fsp3) is 0.583. The summed E-state index contributed by atoms with van der Waals surface area (Å²) in [5.74, 6) is -1.15. The van der Waals surface area contributed by atoms with Crippen LogP contribution in [0.15, 0.2) is 9.51 Å². The smallest absolute Gasteiger partial charge is 0.415 e. The zero-order valence-corrected chi connectivity index (χ0v) is 15.8. The van der Waals surface area contributed by atoms with Crippen molar-refractivity contribution < 1.29 is 39.9 Å². The molecule has 0 bridgehead atoms. The Balaban J connectivity index is 2.60. The van der Waals surface area contributed by atoms with Crippen LogP contribution in [0.4, 0.5) is 22.0 Å². The maximum Gasteiger partial charge on any atom is 0.433 e. The number of ether oxygens (including phenoxy) is 1. The predicted octanol–water partition coefficient (Wildman–Crippen LogP) is 3.38. The molecule has 26 heavy (non-hydrogen) atoms. The number of aromatic amines is 1. The molecule has 1 aliphatic heterocycles. The number of hydroxylamine groups is 1. The highest BCUT2D eigenvalue weighted by Crippen LogP contribution is 2.44. The summed E-state index contributed by atoms with van der Waals surface area (Å²) >= 11 is 3.03. The van der Waals surface area contributed by atoms with Crippen molar-refractivity contribution in [2.75, 3.05) is 0 Å². The molecule has 0 aromatic carbocycles. The zero-order valence-electron chi connectivity index (χ0n) is 13.4. The van der Waals surface area contributed by atoms with Crippen molar-refractivity contribution in [3.8, 4) is 5.88 Å². The fourth-order valence-electron chi connectivity index (χ4n) is 2.15. The van der Waals surface area contributed by atoms with Crippen LogP contribution in [0, 0.1) is 0 Å². The van der Waals surface area contributed by atoms with Crippen molar-refractivity contribution in [2.45, 2.75) is 44.4 Å². The number of nitrogens with zero attached hydrogens (tertiary/aromatic N) is 1. The van der Waals surface area contributed by atoms with Gasteiger partial charge in [-0.05, 0) is 36.7 Å².